The summed E-state index contributed by atoms with van der Waals surface area (Å²) in [4.78, 5) is 12.4. The van der Waals surface area contributed by atoms with Crippen LogP contribution in [0.25, 0.3) is 17.4 Å². The van der Waals surface area contributed by atoms with Crippen LogP contribution in [0.3, 0.4) is 0 Å². The van der Waals surface area contributed by atoms with E-state index in [1.165, 1.54) is 12.1 Å². The van der Waals surface area contributed by atoms with Gasteiger partial charge in [0.2, 0.25) is 0 Å². The smallest absolute Gasteiger partial charge is 0.266 e. The molecule has 134 valence electrons. The van der Waals surface area contributed by atoms with E-state index in [1.807, 2.05) is 18.2 Å². The fraction of sp³-hybridized carbons (Fsp3) is 0. The summed E-state index contributed by atoms with van der Waals surface area (Å²) < 4.78 is 5.69. The van der Waals surface area contributed by atoms with Crippen LogP contribution in [0.5, 0.6) is 0 Å². The first-order valence-electron chi connectivity index (χ1n) is 7.70. The van der Waals surface area contributed by atoms with E-state index in [9.17, 15) is 10.1 Å². The van der Waals surface area contributed by atoms with Crippen molar-refractivity contribution in [3.8, 4) is 17.4 Å². The number of furan rings is 1. The van der Waals surface area contributed by atoms with Crippen LogP contribution in [0.2, 0.25) is 15.1 Å². The lowest BCUT2D eigenvalue weighted by atomic mass is 10.2. The standard InChI is InChI=1S/C20H11Cl3N2O2/c21-14-3-1-12(2-4-14)19-8-6-16(27-19)9-13(11-24)20(26)25-18-10-15(22)5-7-17(18)23/h1-10H,(H,25,26)/b13-9+. The second-order valence-electron chi connectivity index (χ2n) is 5.46. The van der Waals surface area contributed by atoms with Gasteiger partial charge in [-0.15, -0.1) is 0 Å². The molecule has 1 aromatic heterocycles. The van der Waals surface area contributed by atoms with Gasteiger partial charge in [0.05, 0.1) is 10.7 Å². The van der Waals surface area contributed by atoms with Crippen LogP contribution in [-0.2, 0) is 4.79 Å². The molecule has 0 radical (unpaired) electrons. The number of carbonyl (C=O) groups is 1. The van der Waals surface area contributed by atoms with Gasteiger partial charge in [0.25, 0.3) is 5.91 Å². The van der Waals surface area contributed by atoms with E-state index >= 15 is 0 Å². The van der Waals surface area contributed by atoms with Gasteiger partial charge in [-0.05, 0) is 54.6 Å². The SMILES string of the molecule is N#C/C(=C\c1ccc(-c2ccc(Cl)cc2)o1)C(=O)Nc1cc(Cl)ccc1Cl. The molecule has 7 heteroatoms. The van der Waals surface area contributed by atoms with Crippen LogP contribution in [0.4, 0.5) is 5.69 Å². The van der Waals surface area contributed by atoms with Gasteiger partial charge in [-0.1, -0.05) is 34.8 Å². The second kappa shape index (κ2) is 8.32. The Bertz CT molecular complexity index is 1060. The highest BCUT2D eigenvalue weighted by atomic mass is 35.5. The Hall–Kier alpha value is -2.71. The van der Waals surface area contributed by atoms with E-state index in [-0.39, 0.29) is 5.57 Å². The predicted octanol–water partition coefficient (Wildman–Crippen LogP) is 6.45. The van der Waals surface area contributed by atoms with Gasteiger partial charge < -0.3 is 9.73 Å². The fourth-order valence-electron chi connectivity index (χ4n) is 2.27. The summed E-state index contributed by atoms with van der Waals surface area (Å²) in [6.07, 6.45) is 1.35. The van der Waals surface area contributed by atoms with Crippen LogP contribution in [-0.4, -0.2) is 5.91 Å². The van der Waals surface area contributed by atoms with E-state index in [2.05, 4.69) is 5.32 Å². The largest absolute Gasteiger partial charge is 0.457 e. The summed E-state index contributed by atoms with van der Waals surface area (Å²) in [7, 11) is 0. The fourth-order valence-corrected chi connectivity index (χ4v) is 2.74. The minimum absolute atomic E-state index is 0.136. The summed E-state index contributed by atoms with van der Waals surface area (Å²) in [5.74, 6) is 0.337. The van der Waals surface area contributed by atoms with E-state index < -0.39 is 5.91 Å². The number of rotatable bonds is 4. The summed E-state index contributed by atoms with van der Waals surface area (Å²) in [6.45, 7) is 0. The van der Waals surface area contributed by atoms with Crippen molar-refractivity contribution in [3.63, 3.8) is 0 Å². The van der Waals surface area contributed by atoms with Crippen molar-refractivity contribution in [2.75, 3.05) is 5.32 Å². The van der Waals surface area contributed by atoms with Crippen molar-refractivity contribution in [1.29, 1.82) is 5.26 Å². The molecular weight excluding hydrogens is 407 g/mol. The Morgan fingerprint density at radius 3 is 2.41 bits per heavy atom. The average molecular weight is 418 g/mol. The third-order valence-corrected chi connectivity index (χ3v) is 4.40. The van der Waals surface area contributed by atoms with E-state index in [0.717, 1.165) is 5.56 Å². The number of hydrogen-bond donors (Lipinski definition) is 1. The van der Waals surface area contributed by atoms with E-state index in [0.29, 0.717) is 32.3 Å². The maximum absolute atomic E-state index is 12.4. The van der Waals surface area contributed by atoms with Gasteiger partial charge in [0.1, 0.15) is 23.2 Å². The van der Waals surface area contributed by atoms with E-state index in [4.69, 9.17) is 39.2 Å². The number of nitriles is 1. The molecule has 0 unspecified atom stereocenters. The molecule has 4 nitrogen and oxygen atoms in total. The van der Waals surface area contributed by atoms with Gasteiger partial charge >= 0.3 is 0 Å². The third-order valence-electron chi connectivity index (χ3n) is 3.58. The number of halogens is 3. The molecule has 1 heterocycles. The van der Waals surface area contributed by atoms with Gasteiger partial charge in [-0.3, -0.25) is 4.79 Å². The Balaban J connectivity index is 1.82. The molecule has 0 fully saturated rings. The van der Waals surface area contributed by atoms with Gasteiger partial charge in [0.15, 0.2) is 0 Å². The van der Waals surface area contributed by atoms with Crippen molar-refractivity contribution < 1.29 is 9.21 Å². The van der Waals surface area contributed by atoms with Gasteiger partial charge in [0, 0.05) is 21.7 Å². The number of benzene rings is 2. The topological polar surface area (TPSA) is 66.0 Å². The molecule has 0 aliphatic rings. The maximum Gasteiger partial charge on any atom is 0.266 e. The van der Waals surface area contributed by atoms with Crippen LogP contribution < -0.4 is 5.32 Å². The van der Waals surface area contributed by atoms with Crippen molar-refractivity contribution >= 4 is 52.5 Å². The lowest BCUT2D eigenvalue weighted by molar-refractivity contribution is -0.112. The quantitative estimate of drug-likeness (QED) is 0.392. The van der Waals surface area contributed by atoms with Crippen molar-refractivity contribution in [2.45, 2.75) is 0 Å². The minimum atomic E-state index is -0.619. The molecule has 1 amide bonds. The molecular formula is C20H11Cl3N2O2. The third kappa shape index (κ3) is 4.72. The first kappa shape index (κ1) is 19.1. The van der Waals surface area contributed by atoms with Crippen molar-refractivity contribution in [1.82, 2.24) is 0 Å². The van der Waals surface area contributed by atoms with Crippen LogP contribution in [0.15, 0.2) is 64.6 Å². The molecule has 0 saturated carbocycles. The lowest BCUT2D eigenvalue weighted by Crippen LogP contribution is -2.13. The Morgan fingerprint density at radius 1 is 1.00 bits per heavy atom. The number of nitrogens with zero attached hydrogens (tertiary/aromatic N) is 1. The average Bonchev–Trinajstić information content (AvgIpc) is 3.12. The first-order chi connectivity index (χ1) is 13.0. The predicted molar refractivity (Wildman–Crippen MR) is 108 cm³/mol. The monoisotopic (exact) mass is 416 g/mol. The first-order valence-corrected chi connectivity index (χ1v) is 8.83. The normalized spacial score (nSPS) is 11.1. The number of amides is 1. The molecule has 3 rings (SSSR count). The zero-order valence-corrected chi connectivity index (χ0v) is 15.9. The highest BCUT2D eigenvalue weighted by molar-refractivity contribution is 6.36. The number of anilines is 1. The lowest BCUT2D eigenvalue weighted by Gasteiger charge is -2.06. The Labute approximate surface area is 170 Å². The van der Waals surface area contributed by atoms with Gasteiger partial charge in [-0.25, -0.2) is 0 Å². The molecule has 0 saturated heterocycles. The number of hydrogen-bond acceptors (Lipinski definition) is 3. The summed E-state index contributed by atoms with van der Waals surface area (Å²) >= 11 is 17.8. The highest BCUT2D eigenvalue weighted by Crippen LogP contribution is 2.27. The summed E-state index contributed by atoms with van der Waals surface area (Å²) in [6, 6.07) is 17.0. The van der Waals surface area contributed by atoms with Gasteiger partial charge in [-0.2, -0.15) is 5.26 Å². The van der Waals surface area contributed by atoms with Crippen LogP contribution in [0.1, 0.15) is 5.76 Å². The molecule has 0 spiro atoms. The molecule has 1 N–H and O–H groups in total. The maximum atomic E-state index is 12.4. The Kier molecular flexibility index (Phi) is 5.88. The van der Waals surface area contributed by atoms with Crippen LogP contribution >= 0.6 is 34.8 Å². The highest BCUT2D eigenvalue weighted by Gasteiger charge is 2.13. The zero-order chi connectivity index (χ0) is 19.4. The summed E-state index contributed by atoms with van der Waals surface area (Å²) in [5, 5.41) is 13.2. The second-order valence-corrected chi connectivity index (χ2v) is 6.74. The zero-order valence-electron chi connectivity index (χ0n) is 13.7. The molecule has 0 aliphatic carbocycles. The molecule has 27 heavy (non-hydrogen) atoms. The Morgan fingerprint density at radius 2 is 1.70 bits per heavy atom. The summed E-state index contributed by atoms with van der Waals surface area (Å²) in [5.41, 5.74) is 1.01. The van der Waals surface area contributed by atoms with Crippen LogP contribution in [0, 0.1) is 11.3 Å². The molecule has 3 aromatic rings. The molecule has 0 aliphatic heterocycles. The minimum Gasteiger partial charge on any atom is -0.457 e. The molecule has 2 aromatic carbocycles. The van der Waals surface area contributed by atoms with E-state index in [1.54, 1.807) is 36.4 Å². The number of nitrogens with one attached hydrogen (secondary N) is 1. The molecule has 0 bridgehead atoms. The van der Waals surface area contributed by atoms with Crippen molar-refractivity contribution in [3.05, 3.63) is 81.0 Å². The number of carbonyl (C=O) groups excluding carboxylic acids is 1. The van der Waals surface area contributed by atoms with Crippen molar-refractivity contribution in [2.24, 2.45) is 0 Å². The molecule has 0 atom stereocenters.